The van der Waals surface area contributed by atoms with E-state index in [9.17, 15) is 13.2 Å². The van der Waals surface area contributed by atoms with Crippen LogP contribution in [0.15, 0.2) is 0 Å². The normalized spacial score (nSPS) is 30.6. The van der Waals surface area contributed by atoms with Crippen molar-refractivity contribution >= 4 is 16.2 Å². The molecule has 116 valence electrons. The summed E-state index contributed by atoms with van der Waals surface area (Å²) in [5, 5.41) is 8.87. The van der Waals surface area contributed by atoms with Gasteiger partial charge in [-0.05, 0) is 31.6 Å². The maximum absolute atomic E-state index is 12.3. The molecule has 0 aromatic rings. The Hall–Kier alpha value is -0.700. The Bertz CT molecular complexity index is 439. The van der Waals surface area contributed by atoms with Crippen molar-refractivity contribution in [2.45, 2.75) is 44.2 Å². The number of ether oxygens (including phenoxy) is 1. The number of hydrogen-bond acceptors (Lipinski definition) is 4. The molecule has 0 saturated carbocycles. The lowest BCUT2D eigenvalue weighted by Gasteiger charge is -2.37. The predicted octanol–water partition coefficient (Wildman–Crippen LogP) is 0.185. The molecule has 0 radical (unpaired) electrons. The average Bonchev–Trinajstić information content (AvgIpc) is 2.62. The number of nitrogens with zero attached hydrogens (tertiary/aromatic N) is 1. The van der Waals surface area contributed by atoms with Gasteiger partial charge in [-0.25, -0.2) is 0 Å². The molecule has 2 aliphatic rings. The van der Waals surface area contributed by atoms with Gasteiger partial charge in [0.25, 0.3) is 10.2 Å². The van der Waals surface area contributed by atoms with Gasteiger partial charge in [0.15, 0.2) is 0 Å². The molecule has 0 spiro atoms. The monoisotopic (exact) mass is 306 g/mol. The molecular weight excluding hydrogens is 284 g/mol. The number of methoxy groups -OCH3 is 1. The van der Waals surface area contributed by atoms with Crippen molar-refractivity contribution in [1.82, 2.24) is 9.03 Å². The molecule has 2 bridgehead atoms. The smallest absolute Gasteiger partial charge is 0.303 e. The van der Waals surface area contributed by atoms with Crippen LogP contribution in [-0.4, -0.2) is 56.1 Å². The Morgan fingerprint density at radius 2 is 1.95 bits per heavy atom. The zero-order chi connectivity index (χ0) is 14.8. The number of carboxylic acid groups (broad SMARTS) is 1. The Labute approximate surface area is 119 Å². The van der Waals surface area contributed by atoms with Crippen LogP contribution in [0.3, 0.4) is 0 Å². The number of piperidine rings is 1. The lowest BCUT2D eigenvalue weighted by atomic mass is 9.90. The standard InChI is InChI=1S/C12H22N2O5S/c1-19-5-4-13-20(17,18)14-10-2-3-11(14)7-9(6-10)8-12(15)16/h9-11,13H,2-8H2,1H3,(H,15,16). The van der Waals surface area contributed by atoms with E-state index in [1.807, 2.05) is 0 Å². The fourth-order valence-corrected chi connectivity index (χ4v) is 5.06. The molecule has 0 aromatic heterocycles. The Balaban J connectivity index is 1.99. The molecular formula is C12H22N2O5S. The van der Waals surface area contributed by atoms with Gasteiger partial charge in [-0.15, -0.1) is 0 Å². The van der Waals surface area contributed by atoms with Crippen LogP contribution in [0.5, 0.6) is 0 Å². The van der Waals surface area contributed by atoms with E-state index in [-0.39, 0.29) is 31.0 Å². The van der Waals surface area contributed by atoms with Crippen molar-refractivity contribution in [1.29, 1.82) is 0 Å². The van der Waals surface area contributed by atoms with Crippen molar-refractivity contribution in [2.75, 3.05) is 20.3 Å². The van der Waals surface area contributed by atoms with Gasteiger partial charge in [0, 0.05) is 32.2 Å². The topological polar surface area (TPSA) is 95.9 Å². The molecule has 0 aromatic carbocycles. The molecule has 0 amide bonds. The van der Waals surface area contributed by atoms with Crippen LogP contribution in [-0.2, 0) is 19.7 Å². The SMILES string of the molecule is COCCNS(=O)(=O)N1C2CCC1CC(CC(=O)O)C2. The van der Waals surface area contributed by atoms with Crippen LogP contribution >= 0.6 is 0 Å². The van der Waals surface area contributed by atoms with Crippen LogP contribution < -0.4 is 4.72 Å². The summed E-state index contributed by atoms with van der Waals surface area (Å²) >= 11 is 0. The van der Waals surface area contributed by atoms with E-state index in [0.29, 0.717) is 19.4 Å². The van der Waals surface area contributed by atoms with Crippen LogP contribution in [0.2, 0.25) is 0 Å². The minimum absolute atomic E-state index is 0.0573. The van der Waals surface area contributed by atoms with Crippen LogP contribution in [0.25, 0.3) is 0 Å². The van der Waals surface area contributed by atoms with E-state index >= 15 is 0 Å². The number of hydrogen-bond donors (Lipinski definition) is 2. The molecule has 2 rings (SSSR count). The first-order chi connectivity index (χ1) is 9.44. The second-order valence-corrected chi connectivity index (χ2v) is 7.20. The van der Waals surface area contributed by atoms with E-state index in [1.165, 1.54) is 7.11 Å². The zero-order valence-electron chi connectivity index (χ0n) is 11.6. The Kier molecular flexibility index (Phi) is 5.00. The third-order valence-electron chi connectivity index (χ3n) is 4.10. The lowest BCUT2D eigenvalue weighted by molar-refractivity contribution is -0.138. The molecule has 8 heteroatoms. The van der Waals surface area contributed by atoms with Crippen molar-refractivity contribution in [3.05, 3.63) is 0 Å². The zero-order valence-corrected chi connectivity index (χ0v) is 12.4. The van der Waals surface area contributed by atoms with E-state index in [1.54, 1.807) is 4.31 Å². The van der Waals surface area contributed by atoms with Crippen LogP contribution in [0.4, 0.5) is 0 Å². The van der Waals surface area contributed by atoms with Gasteiger partial charge in [-0.3, -0.25) is 4.79 Å². The molecule has 0 aliphatic carbocycles. The number of carbonyl (C=O) groups is 1. The van der Waals surface area contributed by atoms with Crippen molar-refractivity contribution in [3.63, 3.8) is 0 Å². The molecule has 20 heavy (non-hydrogen) atoms. The highest BCUT2D eigenvalue weighted by atomic mass is 32.2. The van der Waals surface area contributed by atoms with Gasteiger partial charge < -0.3 is 9.84 Å². The summed E-state index contributed by atoms with van der Waals surface area (Å²) in [7, 11) is -1.96. The van der Waals surface area contributed by atoms with Gasteiger partial charge in [0.05, 0.1) is 6.61 Å². The summed E-state index contributed by atoms with van der Waals surface area (Å²) in [5.74, 6) is -0.709. The second kappa shape index (κ2) is 6.38. The lowest BCUT2D eigenvalue weighted by Crippen LogP contribution is -2.51. The summed E-state index contributed by atoms with van der Waals surface area (Å²) in [5.41, 5.74) is 0. The first-order valence-electron chi connectivity index (χ1n) is 6.93. The summed E-state index contributed by atoms with van der Waals surface area (Å²) in [6, 6.07) is -0.115. The van der Waals surface area contributed by atoms with Gasteiger partial charge in [0.1, 0.15) is 0 Å². The molecule has 2 fully saturated rings. The third kappa shape index (κ3) is 3.49. The molecule has 2 unspecified atom stereocenters. The molecule has 2 aliphatic heterocycles. The number of fused-ring (bicyclic) bond motifs is 2. The fraction of sp³-hybridized carbons (Fsp3) is 0.917. The van der Waals surface area contributed by atoms with E-state index in [0.717, 1.165) is 12.8 Å². The van der Waals surface area contributed by atoms with Crippen LogP contribution in [0, 0.1) is 5.92 Å². The van der Waals surface area contributed by atoms with Gasteiger partial charge in [-0.1, -0.05) is 0 Å². The average molecular weight is 306 g/mol. The van der Waals surface area contributed by atoms with Gasteiger partial charge in [-0.2, -0.15) is 17.4 Å². The molecule has 7 nitrogen and oxygen atoms in total. The van der Waals surface area contributed by atoms with Crippen molar-refractivity contribution in [2.24, 2.45) is 5.92 Å². The highest BCUT2D eigenvalue weighted by Crippen LogP contribution is 2.41. The molecule has 2 N–H and O–H groups in total. The minimum Gasteiger partial charge on any atom is -0.481 e. The van der Waals surface area contributed by atoms with E-state index in [2.05, 4.69) is 4.72 Å². The summed E-state index contributed by atoms with van der Waals surface area (Å²) in [4.78, 5) is 10.8. The number of aliphatic carboxylic acids is 1. The molecule has 2 heterocycles. The molecule has 2 atom stereocenters. The second-order valence-electron chi connectivity index (χ2n) is 5.54. The van der Waals surface area contributed by atoms with Crippen molar-refractivity contribution in [3.8, 4) is 0 Å². The summed E-state index contributed by atoms with van der Waals surface area (Å²) < 4.78 is 33.5. The van der Waals surface area contributed by atoms with Crippen molar-refractivity contribution < 1.29 is 23.1 Å². The Morgan fingerprint density at radius 1 is 1.35 bits per heavy atom. The summed E-state index contributed by atoms with van der Waals surface area (Å²) in [6.45, 7) is 0.595. The highest BCUT2D eigenvalue weighted by Gasteiger charge is 2.46. The van der Waals surface area contributed by atoms with E-state index in [4.69, 9.17) is 9.84 Å². The largest absolute Gasteiger partial charge is 0.481 e. The first kappa shape index (κ1) is 15.7. The first-order valence-corrected chi connectivity index (χ1v) is 8.37. The maximum Gasteiger partial charge on any atom is 0.303 e. The quantitative estimate of drug-likeness (QED) is 0.654. The fourth-order valence-electron chi connectivity index (χ4n) is 3.40. The summed E-state index contributed by atoms with van der Waals surface area (Å²) in [6.07, 6.45) is 3.08. The van der Waals surface area contributed by atoms with E-state index < -0.39 is 16.2 Å². The third-order valence-corrected chi connectivity index (χ3v) is 5.82. The number of nitrogens with one attached hydrogen (secondary N) is 1. The molecule has 2 saturated heterocycles. The highest BCUT2D eigenvalue weighted by molar-refractivity contribution is 7.87. The predicted molar refractivity (Wildman–Crippen MR) is 72.4 cm³/mol. The Morgan fingerprint density at radius 3 is 2.45 bits per heavy atom. The maximum atomic E-state index is 12.3. The van der Waals surface area contributed by atoms with Crippen LogP contribution in [0.1, 0.15) is 32.1 Å². The number of carboxylic acids is 1. The van der Waals surface area contributed by atoms with Gasteiger partial charge in [0.2, 0.25) is 0 Å². The van der Waals surface area contributed by atoms with Gasteiger partial charge >= 0.3 is 5.97 Å². The minimum atomic E-state index is -3.49. The number of rotatable bonds is 7.